The van der Waals surface area contributed by atoms with Gasteiger partial charge >= 0.3 is 0 Å². The van der Waals surface area contributed by atoms with Crippen LogP contribution in [0.1, 0.15) is 18.7 Å². The van der Waals surface area contributed by atoms with Gasteiger partial charge in [-0.1, -0.05) is 0 Å². The molecule has 0 saturated heterocycles. The van der Waals surface area contributed by atoms with Gasteiger partial charge in [-0.2, -0.15) is 0 Å². The van der Waals surface area contributed by atoms with Crippen LogP contribution >= 0.6 is 27.3 Å². The van der Waals surface area contributed by atoms with Crippen LogP contribution in [0.3, 0.4) is 0 Å². The van der Waals surface area contributed by atoms with Crippen LogP contribution < -0.4 is 0 Å². The normalized spacial score (nSPS) is 17.6. The molecule has 0 radical (unpaired) electrons. The van der Waals surface area contributed by atoms with Crippen LogP contribution in [0.15, 0.2) is 22.1 Å². The molecular formula is C11H11BrN2OS. The molecule has 5 heteroatoms. The fourth-order valence-electron chi connectivity index (χ4n) is 1.79. The molecule has 0 bridgehead atoms. The summed E-state index contributed by atoms with van der Waals surface area (Å²) in [4.78, 5) is 8.86. The molecule has 0 aliphatic heterocycles. The first-order chi connectivity index (χ1) is 7.73. The minimum atomic E-state index is -0.0766. The Morgan fingerprint density at radius 3 is 2.94 bits per heavy atom. The lowest BCUT2D eigenvalue weighted by atomic mass is 10.1. The van der Waals surface area contributed by atoms with Gasteiger partial charge in [0.25, 0.3) is 0 Å². The highest BCUT2D eigenvalue weighted by atomic mass is 79.9. The predicted molar refractivity (Wildman–Crippen MR) is 67.6 cm³/mol. The summed E-state index contributed by atoms with van der Waals surface area (Å²) in [7, 11) is 0. The molecule has 2 heterocycles. The Balaban J connectivity index is 1.94. The number of halogens is 1. The van der Waals surface area contributed by atoms with Crippen molar-refractivity contribution in [1.29, 1.82) is 0 Å². The number of rotatable bonds is 3. The summed E-state index contributed by atoms with van der Waals surface area (Å²) in [5.41, 5.74) is 0.956. The standard InChI is InChI=1S/C11H11BrN2OS/c12-7-3-9(16-5-7)8-4-13-10(14-8)11(6-15)1-2-11/h3-5,15H,1-2,6H2,(H,13,14). The number of aliphatic hydroxyl groups is 1. The average Bonchev–Trinajstić information content (AvgIpc) is 2.74. The van der Waals surface area contributed by atoms with Gasteiger partial charge in [-0.25, -0.2) is 4.98 Å². The largest absolute Gasteiger partial charge is 0.395 e. The van der Waals surface area contributed by atoms with Gasteiger partial charge in [-0.3, -0.25) is 0 Å². The van der Waals surface area contributed by atoms with Gasteiger partial charge < -0.3 is 10.1 Å². The molecule has 2 N–H and O–H groups in total. The second kappa shape index (κ2) is 3.68. The molecule has 1 aliphatic rings. The number of aliphatic hydroxyl groups excluding tert-OH is 1. The molecule has 2 aromatic heterocycles. The Labute approximate surface area is 106 Å². The molecule has 0 atom stereocenters. The van der Waals surface area contributed by atoms with Crippen LogP contribution in [0.5, 0.6) is 0 Å². The Bertz CT molecular complexity index is 516. The van der Waals surface area contributed by atoms with E-state index in [1.807, 2.05) is 6.20 Å². The van der Waals surface area contributed by atoms with Crippen molar-refractivity contribution < 1.29 is 5.11 Å². The maximum Gasteiger partial charge on any atom is 0.115 e. The maximum atomic E-state index is 9.33. The number of nitrogens with one attached hydrogen (secondary N) is 1. The van der Waals surface area contributed by atoms with E-state index in [1.165, 1.54) is 4.88 Å². The van der Waals surface area contributed by atoms with E-state index in [9.17, 15) is 5.11 Å². The molecule has 1 fully saturated rings. The lowest BCUT2D eigenvalue weighted by Crippen LogP contribution is -2.13. The SMILES string of the molecule is OCC1(c2ncc(-c3cc(Br)cs3)[nH]2)CC1. The number of aromatic amines is 1. The minimum Gasteiger partial charge on any atom is -0.395 e. The highest BCUT2D eigenvalue weighted by Gasteiger charge is 2.46. The van der Waals surface area contributed by atoms with Gasteiger partial charge in [0.2, 0.25) is 0 Å². The average molecular weight is 299 g/mol. The van der Waals surface area contributed by atoms with Crippen LogP contribution in [0.4, 0.5) is 0 Å². The summed E-state index contributed by atoms with van der Waals surface area (Å²) in [5, 5.41) is 11.4. The quantitative estimate of drug-likeness (QED) is 0.915. The van der Waals surface area contributed by atoms with Crippen LogP contribution in [-0.2, 0) is 5.41 Å². The van der Waals surface area contributed by atoms with E-state index >= 15 is 0 Å². The zero-order valence-electron chi connectivity index (χ0n) is 8.53. The molecule has 1 aliphatic carbocycles. The van der Waals surface area contributed by atoms with Crippen molar-refractivity contribution in [3.05, 3.63) is 27.9 Å². The summed E-state index contributed by atoms with van der Waals surface area (Å²) < 4.78 is 1.09. The third-order valence-corrected chi connectivity index (χ3v) is 4.79. The molecule has 0 unspecified atom stereocenters. The third-order valence-electron chi connectivity index (χ3n) is 3.07. The highest BCUT2D eigenvalue weighted by Crippen LogP contribution is 2.46. The first kappa shape index (κ1) is 10.5. The highest BCUT2D eigenvalue weighted by molar-refractivity contribution is 9.10. The predicted octanol–water partition coefficient (Wildman–Crippen LogP) is 2.92. The monoisotopic (exact) mass is 298 g/mol. The molecule has 0 spiro atoms. The topological polar surface area (TPSA) is 48.9 Å². The van der Waals surface area contributed by atoms with Gasteiger partial charge in [0, 0.05) is 9.85 Å². The second-order valence-corrected chi connectivity index (χ2v) is 6.04. The first-order valence-corrected chi connectivity index (χ1v) is 6.81. The number of aromatic nitrogens is 2. The van der Waals surface area contributed by atoms with Gasteiger partial charge in [0.15, 0.2) is 0 Å². The van der Waals surface area contributed by atoms with E-state index in [4.69, 9.17) is 0 Å². The molecule has 0 aromatic carbocycles. The van der Waals surface area contributed by atoms with Crippen molar-refractivity contribution in [2.75, 3.05) is 6.61 Å². The van der Waals surface area contributed by atoms with Crippen LogP contribution in [0.2, 0.25) is 0 Å². The van der Waals surface area contributed by atoms with Crippen molar-refractivity contribution in [2.24, 2.45) is 0 Å². The fraction of sp³-hybridized carbons (Fsp3) is 0.364. The summed E-state index contributed by atoms with van der Waals surface area (Å²) in [6.07, 6.45) is 3.92. The molecular weight excluding hydrogens is 288 g/mol. The lowest BCUT2D eigenvalue weighted by Gasteiger charge is -2.06. The first-order valence-electron chi connectivity index (χ1n) is 5.14. The second-order valence-electron chi connectivity index (χ2n) is 4.21. The van der Waals surface area contributed by atoms with Crippen molar-refractivity contribution in [2.45, 2.75) is 18.3 Å². The van der Waals surface area contributed by atoms with Crippen LogP contribution in [0.25, 0.3) is 10.6 Å². The summed E-state index contributed by atoms with van der Waals surface area (Å²) >= 11 is 5.11. The van der Waals surface area contributed by atoms with Crippen molar-refractivity contribution in [1.82, 2.24) is 9.97 Å². The van der Waals surface area contributed by atoms with Crippen LogP contribution in [-0.4, -0.2) is 21.7 Å². The Hall–Kier alpha value is -0.650. The van der Waals surface area contributed by atoms with Crippen LogP contribution in [0, 0.1) is 0 Å². The molecule has 3 rings (SSSR count). The van der Waals surface area contributed by atoms with Gasteiger partial charge in [0.1, 0.15) is 5.82 Å². The van der Waals surface area contributed by atoms with E-state index in [1.54, 1.807) is 11.3 Å². The van der Waals surface area contributed by atoms with Gasteiger partial charge in [-0.15, -0.1) is 11.3 Å². The van der Waals surface area contributed by atoms with Gasteiger partial charge in [0.05, 0.1) is 28.8 Å². The zero-order chi connectivity index (χ0) is 11.2. The number of imidazole rings is 1. The van der Waals surface area contributed by atoms with E-state index in [-0.39, 0.29) is 12.0 Å². The number of hydrogen-bond acceptors (Lipinski definition) is 3. The van der Waals surface area contributed by atoms with Crippen molar-refractivity contribution in [3.8, 4) is 10.6 Å². The fourth-order valence-corrected chi connectivity index (χ4v) is 3.19. The smallest absolute Gasteiger partial charge is 0.115 e. The Kier molecular flexibility index (Phi) is 2.42. The molecule has 84 valence electrons. The molecule has 2 aromatic rings. The minimum absolute atomic E-state index is 0.0766. The van der Waals surface area contributed by atoms with Crippen molar-refractivity contribution in [3.63, 3.8) is 0 Å². The third kappa shape index (κ3) is 1.63. The van der Waals surface area contributed by atoms with E-state index < -0.39 is 0 Å². The van der Waals surface area contributed by atoms with E-state index in [0.29, 0.717) is 0 Å². The lowest BCUT2D eigenvalue weighted by molar-refractivity contribution is 0.250. The number of hydrogen-bond donors (Lipinski definition) is 2. The molecule has 16 heavy (non-hydrogen) atoms. The molecule has 3 nitrogen and oxygen atoms in total. The summed E-state index contributed by atoms with van der Waals surface area (Å²) in [6.45, 7) is 0.189. The van der Waals surface area contributed by atoms with Crippen molar-refractivity contribution >= 4 is 27.3 Å². The van der Waals surface area contributed by atoms with E-state index in [2.05, 4.69) is 37.3 Å². The summed E-state index contributed by atoms with van der Waals surface area (Å²) in [6, 6.07) is 2.07. The molecule has 1 saturated carbocycles. The Morgan fingerprint density at radius 1 is 1.56 bits per heavy atom. The number of nitrogens with zero attached hydrogens (tertiary/aromatic N) is 1. The van der Waals surface area contributed by atoms with E-state index in [0.717, 1.165) is 28.8 Å². The maximum absolute atomic E-state index is 9.33. The number of thiophene rings is 1. The Morgan fingerprint density at radius 2 is 2.38 bits per heavy atom. The molecule has 0 amide bonds. The van der Waals surface area contributed by atoms with Gasteiger partial charge in [-0.05, 0) is 34.8 Å². The summed E-state index contributed by atoms with van der Waals surface area (Å²) in [5.74, 6) is 0.925. The number of H-pyrrole nitrogens is 1. The zero-order valence-corrected chi connectivity index (χ0v) is 10.9.